The number of hydrogen-bond donors (Lipinski definition) is 0. The van der Waals surface area contributed by atoms with Crippen molar-refractivity contribution in [1.29, 1.82) is 10.5 Å². The quantitative estimate of drug-likeness (QED) is 0.165. The number of nitrogens with zero attached hydrogens (tertiary/aromatic N) is 3. The first-order valence-electron chi connectivity index (χ1n) is 25.2. The van der Waals surface area contributed by atoms with Crippen LogP contribution in [-0.4, -0.2) is 4.40 Å². The van der Waals surface area contributed by atoms with Crippen LogP contribution in [0.5, 0.6) is 0 Å². The molecule has 3 heteroatoms. The van der Waals surface area contributed by atoms with Crippen LogP contribution in [0.3, 0.4) is 0 Å². The summed E-state index contributed by atoms with van der Waals surface area (Å²) in [6, 6.07) is 49.6. The molecule has 2 aromatic heterocycles. The van der Waals surface area contributed by atoms with Gasteiger partial charge in [0.2, 0.25) is 0 Å². The van der Waals surface area contributed by atoms with Crippen molar-refractivity contribution in [2.75, 3.05) is 0 Å². The fraction of sp³-hybridized carbons (Fsp3) is 0.302. The Hall–Kier alpha value is -6.68. The average molecular weight is 846 g/mol. The smallest absolute Gasteiger partial charge is 0.0995 e. The van der Waals surface area contributed by atoms with Crippen molar-refractivity contribution in [3.05, 3.63) is 149 Å². The van der Waals surface area contributed by atoms with Gasteiger partial charge in [-0.25, -0.2) is 0 Å². The van der Waals surface area contributed by atoms with Gasteiger partial charge >= 0.3 is 0 Å². The highest BCUT2D eigenvalue weighted by molar-refractivity contribution is 6.26. The fourth-order valence-electron chi connectivity index (χ4n) is 18.0. The molecule has 2 heterocycles. The van der Waals surface area contributed by atoms with Crippen LogP contribution in [-0.2, 0) is 0 Å². The lowest BCUT2D eigenvalue weighted by Gasteiger charge is -2.48. The second kappa shape index (κ2) is 12.0. The number of hydrogen-bond acceptors (Lipinski definition) is 2. The van der Waals surface area contributed by atoms with Gasteiger partial charge in [0.1, 0.15) is 0 Å². The highest BCUT2D eigenvalue weighted by Crippen LogP contribution is 2.77. The maximum Gasteiger partial charge on any atom is 0.0995 e. The van der Waals surface area contributed by atoms with Gasteiger partial charge < -0.3 is 4.40 Å². The van der Waals surface area contributed by atoms with Gasteiger partial charge in [0.25, 0.3) is 0 Å². The van der Waals surface area contributed by atoms with Gasteiger partial charge in [-0.3, -0.25) is 0 Å². The number of aromatic nitrogens is 1. The van der Waals surface area contributed by atoms with E-state index in [9.17, 15) is 10.5 Å². The summed E-state index contributed by atoms with van der Waals surface area (Å²) >= 11 is 0. The highest BCUT2D eigenvalue weighted by atomic mass is 14.9. The minimum atomic E-state index is 0.464. The Bertz CT molecular complexity index is 3810. The summed E-state index contributed by atoms with van der Waals surface area (Å²) in [6.07, 6.45) is 12.8. The second-order valence-electron chi connectivity index (χ2n) is 22.6. The van der Waals surface area contributed by atoms with Crippen LogP contribution >= 0.6 is 0 Å². The van der Waals surface area contributed by atoms with Crippen LogP contribution in [0.1, 0.15) is 121 Å². The molecule has 0 saturated heterocycles. The monoisotopic (exact) mass is 845 g/mol. The predicted molar refractivity (Wildman–Crippen MR) is 265 cm³/mol. The molecule has 5 saturated carbocycles. The summed E-state index contributed by atoms with van der Waals surface area (Å²) in [4.78, 5) is 0. The standard InChI is InChI=1S/C63H47N3/c64-30-40-25-54-60(58-37-18-32-15-33(19-37)17-36(16-32)56(40)58)52-23-35(34-13-14-50-48-11-4-3-9-46(48)44-7-1-2-8-45(44)47-10-5-6-12-49(47)51(50)22-34)24-53-61-55(66(54)62(52)53)26-41(31-65)57-38-20-42-27-43-21-39(59(57)61)29-63(42,43)28-38/h1-14,22-26,32-33,36-39,42-43H,15-21,27-29H2. The Balaban J connectivity index is 1.01. The molecule has 9 aliphatic rings. The fourth-order valence-corrected chi connectivity index (χ4v) is 18.0. The maximum atomic E-state index is 11.2. The second-order valence-corrected chi connectivity index (χ2v) is 22.6. The molecule has 0 N–H and O–H groups in total. The number of fused-ring (bicyclic) bond motifs is 20. The van der Waals surface area contributed by atoms with Crippen LogP contribution in [0, 0.1) is 51.7 Å². The Kier molecular flexibility index (Phi) is 6.47. The lowest BCUT2D eigenvalue weighted by atomic mass is 9.56. The zero-order valence-electron chi connectivity index (χ0n) is 37.0. The van der Waals surface area contributed by atoms with Crippen molar-refractivity contribution in [2.45, 2.75) is 87.9 Å². The summed E-state index contributed by atoms with van der Waals surface area (Å²) in [7, 11) is 0. The predicted octanol–water partition coefficient (Wildman–Crippen LogP) is 16.0. The molecule has 3 nitrogen and oxygen atoms in total. The van der Waals surface area contributed by atoms with Crippen LogP contribution in [0.2, 0.25) is 0 Å². The van der Waals surface area contributed by atoms with Crippen LogP contribution in [0.25, 0.3) is 93.7 Å². The van der Waals surface area contributed by atoms with E-state index in [0.29, 0.717) is 29.1 Å². The zero-order valence-corrected chi connectivity index (χ0v) is 37.0. The number of nitriles is 2. The van der Waals surface area contributed by atoms with E-state index >= 15 is 0 Å². The molecule has 7 unspecified atom stereocenters. The summed E-state index contributed by atoms with van der Waals surface area (Å²) < 4.78 is 2.57. The summed E-state index contributed by atoms with van der Waals surface area (Å²) in [5, 5.41) is 27.8. The molecule has 7 bridgehead atoms. The maximum absolute atomic E-state index is 11.2. The topological polar surface area (TPSA) is 52.0 Å². The number of rotatable bonds is 1. The SMILES string of the molecule is N#Cc1cc2c(c3c1C1CC4CC(C1)CC3C4)c1cc(-c3ccc4c(c3)-c3ccccc3-c3ccccc3-c3ccccc3-4)cc3c4c5c(c(C#N)cc4n2c13)C1CC2CC3CC5CC23C1. The Labute approximate surface area is 384 Å². The van der Waals surface area contributed by atoms with Crippen molar-refractivity contribution in [2.24, 2.45) is 29.1 Å². The average Bonchev–Trinajstić information content (AvgIpc) is 3.99. The van der Waals surface area contributed by atoms with E-state index in [4.69, 9.17) is 0 Å². The Morgan fingerprint density at radius 2 is 0.879 bits per heavy atom. The van der Waals surface area contributed by atoms with Gasteiger partial charge in [0.15, 0.2) is 0 Å². The first-order chi connectivity index (χ1) is 32.5. The van der Waals surface area contributed by atoms with Gasteiger partial charge in [-0.15, -0.1) is 0 Å². The molecule has 9 aliphatic carbocycles. The molecule has 18 rings (SSSR count). The number of benzene rings is 7. The Morgan fingerprint density at radius 3 is 1.41 bits per heavy atom. The summed E-state index contributed by atoms with van der Waals surface area (Å²) in [5.41, 5.74) is 24.4. The molecule has 9 aromatic rings. The molecule has 66 heavy (non-hydrogen) atoms. The molecule has 0 aliphatic heterocycles. The zero-order chi connectivity index (χ0) is 42.9. The van der Waals surface area contributed by atoms with E-state index in [0.717, 1.165) is 34.8 Å². The van der Waals surface area contributed by atoms with Gasteiger partial charge in [0.05, 0.1) is 39.8 Å². The normalized spacial score (nSPS) is 28.6. The van der Waals surface area contributed by atoms with Gasteiger partial charge in [-0.2, -0.15) is 10.5 Å². The van der Waals surface area contributed by atoms with Crippen molar-refractivity contribution in [1.82, 2.24) is 4.40 Å². The van der Waals surface area contributed by atoms with Crippen LogP contribution in [0.15, 0.2) is 115 Å². The molecule has 7 aromatic carbocycles. The first-order valence-corrected chi connectivity index (χ1v) is 25.2. The van der Waals surface area contributed by atoms with E-state index in [2.05, 4.69) is 132 Å². The molecule has 7 atom stereocenters. The first kappa shape index (κ1) is 35.6. The van der Waals surface area contributed by atoms with E-state index in [1.807, 2.05) is 0 Å². The van der Waals surface area contributed by atoms with Gasteiger partial charge in [-0.1, -0.05) is 84.9 Å². The largest absolute Gasteiger partial charge is 0.308 e. The van der Waals surface area contributed by atoms with Crippen LogP contribution in [0.4, 0.5) is 0 Å². The molecule has 0 radical (unpaired) electrons. The van der Waals surface area contributed by atoms with E-state index in [1.54, 1.807) is 0 Å². The van der Waals surface area contributed by atoms with Crippen molar-refractivity contribution < 1.29 is 0 Å². The Morgan fingerprint density at radius 1 is 0.424 bits per heavy atom. The lowest BCUT2D eigenvalue weighted by Crippen LogP contribution is -2.41. The molecular formula is C63H47N3. The minimum Gasteiger partial charge on any atom is -0.308 e. The van der Waals surface area contributed by atoms with Crippen molar-refractivity contribution in [3.63, 3.8) is 0 Å². The molecular weight excluding hydrogens is 799 g/mol. The van der Waals surface area contributed by atoms with Gasteiger partial charge in [-0.05, 0) is 225 Å². The van der Waals surface area contributed by atoms with Crippen molar-refractivity contribution in [3.8, 4) is 67.8 Å². The summed E-state index contributed by atoms with van der Waals surface area (Å²) in [6.45, 7) is 0. The van der Waals surface area contributed by atoms with Crippen molar-refractivity contribution >= 4 is 38.1 Å². The molecule has 5 fully saturated rings. The third kappa shape index (κ3) is 4.15. The third-order valence-electron chi connectivity index (χ3n) is 20.0. The van der Waals surface area contributed by atoms with Gasteiger partial charge in [0, 0.05) is 21.5 Å². The van der Waals surface area contributed by atoms with E-state index in [-0.39, 0.29) is 0 Å². The van der Waals surface area contributed by atoms with Crippen LogP contribution < -0.4 is 0 Å². The summed E-state index contributed by atoms with van der Waals surface area (Å²) in [5.74, 6) is 5.09. The third-order valence-corrected chi connectivity index (χ3v) is 20.0. The molecule has 314 valence electrons. The molecule has 1 spiro atoms. The minimum absolute atomic E-state index is 0.464. The van der Waals surface area contributed by atoms with E-state index < -0.39 is 0 Å². The highest BCUT2D eigenvalue weighted by Gasteiger charge is 2.66. The van der Waals surface area contributed by atoms with E-state index in [1.165, 1.54) is 180 Å². The molecule has 0 amide bonds. The lowest BCUT2D eigenvalue weighted by molar-refractivity contribution is 0.00322.